The Labute approximate surface area is 208 Å². The van der Waals surface area contributed by atoms with Crippen LogP contribution in [0.3, 0.4) is 0 Å². The number of carbonyl (C=O) groups is 3. The summed E-state index contributed by atoms with van der Waals surface area (Å²) in [7, 11) is 0. The van der Waals surface area contributed by atoms with Crippen LogP contribution in [0.4, 0.5) is 0 Å². The van der Waals surface area contributed by atoms with Crippen molar-refractivity contribution in [2.75, 3.05) is 0 Å². The number of amides is 1. The minimum atomic E-state index is -1.10. The molecule has 0 saturated carbocycles. The molecule has 0 bridgehead atoms. The van der Waals surface area contributed by atoms with Crippen molar-refractivity contribution >= 4 is 17.8 Å². The molecule has 1 amide bonds. The molecule has 34 heavy (non-hydrogen) atoms. The van der Waals surface area contributed by atoms with E-state index in [0.29, 0.717) is 6.42 Å². The van der Waals surface area contributed by atoms with Crippen molar-refractivity contribution in [2.45, 2.75) is 161 Å². The number of aliphatic carboxylic acids is 2. The van der Waals surface area contributed by atoms with Crippen LogP contribution in [0.5, 0.6) is 0 Å². The first kappa shape index (κ1) is 32.4. The van der Waals surface area contributed by atoms with E-state index in [4.69, 9.17) is 10.2 Å². The largest absolute Gasteiger partial charge is 0.481 e. The van der Waals surface area contributed by atoms with Crippen molar-refractivity contribution in [1.82, 2.24) is 5.32 Å². The lowest BCUT2D eigenvalue weighted by atomic mass is 10.0. The van der Waals surface area contributed by atoms with Gasteiger partial charge in [-0.3, -0.25) is 9.59 Å². The second kappa shape index (κ2) is 24.5. The molecule has 0 heterocycles. The minimum absolute atomic E-state index is 0.0844. The van der Waals surface area contributed by atoms with Crippen LogP contribution in [0.15, 0.2) is 0 Å². The Bertz CT molecular complexity index is 509. The van der Waals surface area contributed by atoms with Crippen LogP contribution < -0.4 is 5.32 Å². The average molecular weight is 484 g/mol. The van der Waals surface area contributed by atoms with Gasteiger partial charge < -0.3 is 15.5 Å². The summed E-state index contributed by atoms with van der Waals surface area (Å²) in [4.78, 5) is 33.7. The fourth-order valence-corrected chi connectivity index (χ4v) is 4.35. The zero-order valence-electron chi connectivity index (χ0n) is 22.0. The topological polar surface area (TPSA) is 104 Å². The van der Waals surface area contributed by atoms with Gasteiger partial charge in [-0.05, 0) is 19.3 Å². The van der Waals surface area contributed by atoms with Gasteiger partial charge >= 0.3 is 11.9 Å². The van der Waals surface area contributed by atoms with Crippen molar-refractivity contribution in [3.63, 3.8) is 0 Å². The van der Waals surface area contributed by atoms with E-state index in [2.05, 4.69) is 12.2 Å². The second-order valence-corrected chi connectivity index (χ2v) is 9.86. The zero-order chi connectivity index (χ0) is 25.3. The Kier molecular flexibility index (Phi) is 23.4. The monoisotopic (exact) mass is 483 g/mol. The summed E-state index contributed by atoms with van der Waals surface area (Å²) in [6.45, 7) is 2.27. The zero-order valence-corrected chi connectivity index (χ0v) is 22.0. The van der Waals surface area contributed by atoms with Gasteiger partial charge in [-0.25, -0.2) is 4.79 Å². The van der Waals surface area contributed by atoms with Gasteiger partial charge in [0, 0.05) is 12.8 Å². The minimum Gasteiger partial charge on any atom is -0.481 e. The third-order valence-corrected chi connectivity index (χ3v) is 6.52. The van der Waals surface area contributed by atoms with Gasteiger partial charge in [0.2, 0.25) is 5.91 Å². The standard InChI is InChI=1S/C28H53NO5/c1-2-3-4-5-6-7-8-9-10-11-12-13-14-15-16-17-18-19-20-23-26(30)29-25(28(33)34)22-21-24-27(31)32/h25H,2-24H2,1H3,(H,29,30)(H,31,32)(H,33,34)/t25-/m1/s1. The second-order valence-electron chi connectivity index (χ2n) is 9.86. The Morgan fingerprint density at radius 2 is 0.941 bits per heavy atom. The molecule has 0 radical (unpaired) electrons. The van der Waals surface area contributed by atoms with Gasteiger partial charge in [0.1, 0.15) is 6.04 Å². The number of rotatable bonds is 26. The molecule has 0 unspecified atom stereocenters. The summed E-state index contributed by atoms with van der Waals surface area (Å²) >= 11 is 0. The molecule has 3 N–H and O–H groups in total. The molecule has 6 heteroatoms. The predicted octanol–water partition coefficient (Wildman–Crippen LogP) is 7.63. The molecule has 0 aromatic heterocycles. The highest BCUT2D eigenvalue weighted by atomic mass is 16.4. The molecule has 0 aromatic rings. The highest BCUT2D eigenvalue weighted by Crippen LogP contribution is 2.15. The summed E-state index contributed by atoms with van der Waals surface area (Å²) in [5.74, 6) is -2.31. The van der Waals surface area contributed by atoms with Crippen molar-refractivity contribution in [3.05, 3.63) is 0 Å². The average Bonchev–Trinajstić information content (AvgIpc) is 2.79. The Balaban J connectivity index is 3.40. The number of carboxylic acid groups (broad SMARTS) is 2. The Hall–Kier alpha value is -1.59. The number of nitrogens with one attached hydrogen (secondary N) is 1. The molecular weight excluding hydrogens is 430 g/mol. The lowest BCUT2D eigenvalue weighted by Gasteiger charge is -2.14. The number of hydrogen-bond donors (Lipinski definition) is 3. The third kappa shape index (κ3) is 23.6. The van der Waals surface area contributed by atoms with Crippen LogP contribution in [0.25, 0.3) is 0 Å². The van der Waals surface area contributed by atoms with E-state index in [1.165, 1.54) is 103 Å². The number of carboxylic acids is 2. The third-order valence-electron chi connectivity index (χ3n) is 6.52. The molecule has 0 aliphatic rings. The molecule has 0 fully saturated rings. The lowest BCUT2D eigenvalue weighted by molar-refractivity contribution is -0.142. The Morgan fingerprint density at radius 1 is 0.559 bits per heavy atom. The van der Waals surface area contributed by atoms with Crippen molar-refractivity contribution in [2.24, 2.45) is 0 Å². The molecule has 1 atom stereocenters. The highest BCUT2D eigenvalue weighted by Gasteiger charge is 2.19. The van der Waals surface area contributed by atoms with E-state index in [0.717, 1.165) is 19.3 Å². The smallest absolute Gasteiger partial charge is 0.326 e. The van der Waals surface area contributed by atoms with Gasteiger partial charge in [0.05, 0.1) is 0 Å². The number of unbranched alkanes of at least 4 members (excludes halogenated alkanes) is 18. The normalized spacial score (nSPS) is 11.9. The molecule has 0 aliphatic carbocycles. The lowest BCUT2D eigenvalue weighted by Crippen LogP contribution is -2.40. The maximum atomic E-state index is 11.9. The number of hydrogen-bond acceptors (Lipinski definition) is 3. The predicted molar refractivity (Wildman–Crippen MR) is 139 cm³/mol. The fraction of sp³-hybridized carbons (Fsp3) is 0.893. The Morgan fingerprint density at radius 3 is 1.29 bits per heavy atom. The van der Waals surface area contributed by atoms with Crippen LogP contribution in [0.1, 0.15) is 155 Å². The maximum Gasteiger partial charge on any atom is 0.326 e. The van der Waals surface area contributed by atoms with E-state index in [1.807, 2.05) is 0 Å². The number of carbonyl (C=O) groups excluding carboxylic acids is 1. The summed E-state index contributed by atoms with van der Waals surface area (Å²) in [5.41, 5.74) is 0. The van der Waals surface area contributed by atoms with E-state index in [-0.39, 0.29) is 25.2 Å². The van der Waals surface area contributed by atoms with Crippen molar-refractivity contribution in [1.29, 1.82) is 0 Å². The summed E-state index contributed by atoms with van der Waals surface area (Å²) in [6.07, 6.45) is 25.4. The quantitative estimate of drug-likeness (QED) is 0.110. The van der Waals surface area contributed by atoms with E-state index >= 15 is 0 Å². The van der Waals surface area contributed by atoms with Gasteiger partial charge in [-0.1, -0.05) is 122 Å². The van der Waals surface area contributed by atoms with Crippen LogP contribution in [-0.2, 0) is 14.4 Å². The van der Waals surface area contributed by atoms with E-state index < -0.39 is 18.0 Å². The first-order valence-electron chi connectivity index (χ1n) is 14.2. The SMILES string of the molecule is CCCCCCCCCCCCCCCCCCCCCC(=O)N[C@H](CCCC(=O)O)C(=O)O. The molecule has 0 saturated heterocycles. The van der Waals surface area contributed by atoms with Crippen molar-refractivity contribution in [3.8, 4) is 0 Å². The molecule has 6 nitrogen and oxygen atoms in total. The summed E-state index contributed by atoms with van der Waals surface area (Å²) < 4.78 is 0. The molecule has 0 aromatic carbocycles. The van der Waals surface area contributed by atoms with Crippen LogP contribution in [-0.4, -0.2) is 34.1 Å². The molecule has 0 rings (SSSR count). The van der Waals surface area contributed by atoms with Gasteiger partial charge in [-0.2, -0.15) is 0 Å². The summed E-state index contributed by atoms with van der Waals surface area (Å²) in [6, 6.07) is -0.993. The first-order chi connectivity index (χ1) is 16.5. The maximum absolute atomic E-state index is 11.9. The van der Waals surface area contributed by atoms with E-state index in [1.54, 1.807) is 0 Å². The van der Waals surface area contributed by atoms with Crippen LogP contribution >= 0.6 is 0 Å². The first-order valence-corrected chi connectivity index (χ1v) is 14.2. The highest BCUT2D eigenvalue weighted by molar-refractivity contribution is 5.83. The van der Waals surface area contributed by atoms with Crippen LogP contribution in [0.2, 0.25) is 0 Å². The van der Waals surface area contributed by atoms with E-state index in [9.17, 15) is 14.4 Å². The fourth-order valence-electron chi connectivity index (χ4n) is 4.35. The molecule has 0 spiro atoms. The molecule has 200 valence electrons. The van der Waals surface area contributed by atoms with Crippen LogP contribution in [0, 0.1) is 0 Å². The molecule has 0 aliphatic heterocycles. The van der Waals surface area contributed by atoms with Crippen molar-refractivity contribution < 1.29 is 24.6 Å². The van der Waals surface area contributed by atoms with Gasteiger partial charge in [0.25, 0.3) is 0 Å². The van der Waals surface area contributed by atoms with Gasteiger partial charge in [-0.15, -0.1) is 0 Å². The molecular formula is C28H53NO5. The van der Waals surface area contributed by atoms with Gasteiger partial charge in [0.15, 0.2) is 0 Å². The summed E-state index contributed by atoms with van der Waals surface area (Å²) in [5, 5.41) is 20.3.